The number of hydrogen-bond acceptors (Lipinski definition) is 4. The molecule has 102 valence electrons. The topological polar surface area (TPSA) is 93.6 Å². The molecule has 0 radical (unpaired) electrons. The lowest BCUT2D eigenvalue weighted by Gasteiger charge is -2.00. The molecule has 1 N–H and O–H groups in total. The molecule has 0 unspecified atom stereocenters. The van der Waals surface area contributed by atoms with Crippen molar-refractivity contribution < 1.29 is 19.2 Å². The summed E-state index contributed by atoms with van der Waals surface area (Å²) in [6, 6.07) is 7.94. The molecule has 1 heterocycles. The molecular weight excluding hydrogens is 262 g/mol. The fourth-order valence-electron chi connectivity index (χ4n) is 1.74. The Bertz CT molecular complexity index is 699. The second-order valence-electron chi connectivity index (χ2n) is 4.15. The minimum atomic E-state index is -1.09. The van der Waals surface area contributed by atoms with Gasteiger partial charge in [0.15, 0.2) is 0 Å². The zero-order valence-electron chi connectivity index (χ0n) is 10.6. The van der Waals surface area contributed by atoms with E-state index in [0.29, 0.717) is 17.1 Å². The van der Waals surface area contributed by atoms with Crippen molar-refractivity contribution in [3.05, 3.63) is 57.8 Å². The van der Waals surface area contributed by atoms with Crippen LogP contribution in [0.2, 0.25) is 0 Å². The molecule has 20 heavy (non-hydrogen) atoms. The summed E-state index contributed by atoms with van der Waals surface area (Å²) in [5.41, 5.74) is 1.08. The number of aliphatic carboxylic acids is 1. The Balaban J connectivity index is 2.42. The Morgan fingerprint density at radius 2 is 2.10 bits per heavy atom. The maximum absolute atomic E-state index is 11.0. The highest BCUT2D eigenvalue weighted by molar-refractivity contribution is 5.85. The average molecular weight is 273 g/mol. The normalized spacial score (nSPS) is 10.8. The molecular formula is C14H11NO5. The van der Waals surface area contributed by atoms with Gasteiger partial charge >= 0.3 is 5.97 Å². The molecule has 0 bridgehead atoms. The van der Waals surface area contributed by atoms with Crippen molar-refractivity contribution in [2.75, 3.05) is 0 Å². The monoisotopic (exact) mass is 273 g/mol. The molecule has 0 spiro atoms. The summed E-state index contributed by atoms with van der Waals surface area (Å²) in [6.45, 7) is 1.76. The summed E-state index contributed by atoms with van der Waals surface area (Å²) >= 11 is 0. The van der Waals surface area contributed by atoms with E-state index in [1.165, 1.54) is 12.1 Å². The van der Waals surface area contributed by atoms with Crippen molar-refractivity contribution in [2.45, 2.75) is 6.92 Å². The van der Waals surface area contributed by atoms with Crippen molar-refractivity contribution in [3.8, 4) is 11.3 Å². The van der Waals surface area contributed by atoms with Crippen LogP contribution in [0.1, 0.15) is 11.3 Å². The zero-order valence-corrected chi connectivity index (χ0v) is 10.6. The summed E-state index contributed by atoms with van der Waals surface area (Å²) in [5.74, 6) is -0.455. The van der Waals surface area contributed by atoms with Gasteiger partial charge in [0, 0.05) is 12.1 Å². The lowest BCUT2D eigenvalue weighted by atomic mass is 10.1. The highest BCUT2D eigenvalue weighted by Crippen LogP contribution is 2.32. The summed E-state index contributed by atoms with van der Waals surface area (Å²) in [4.78, 5) is 21.0. The van der Waals surface area contributed by atoms with Crippen LogP contribution in [-0.4, -0.2) is 16.0 Å². The number of nitro benzene ring substituents is 1. The van der Waals surface area contributed by atoms with Gasteiger partial charge in [0.1, 0.15) is 11.5 Å². The van der Waals surface area contributed by atoms with Crippen LogP contribution in [0.15, 0.2) is 40.8 Å². The molecule has 0 saturated heterocycles. The van der Waals surface area contributed by atoms with E-state index >= 15 is 0 Å². The van der Waals surface area contributed by atoms with Crippen molar-refractivity contribution >= 4 is 17.7 Å². The maximum atomic E-state index is 11.0. The van der Waals surface area contributed by atoms with Gasteiger partial charge in [-0.1, -0.05) is 6.07 Å². The lowest BCUT2D eigenvalue weighted by Crippen LogP contribution is -1.92. The van der Waals surface area contributed by atoms with Crippen LogP contribution in [-0.2, 0) is 4.79 Å². The van der Waals surface area contributed by atoms with E-state index in [1.54, 1.807) is 31.2 Å². The van der Waals surface area contributed by atoms with E-state index in [2.05, 4.69) is 0 Å². The van der Waals surface area contributed by atoms with Crippen molar-refractivity contribution in [2.24, 2.45) is 0 Å². The molecule has 2 aromatic rings. The van der Waals surface area contributed by atoms with Gasteiger partial charge in [-0.25, -0.2) is 4.79 Å². The number of carboxylic acid groups (broad SMARTS) is 1. The molecule has 0 aliphatic carbocycles. The van der Waals surface area contributed by atoms with Crippen LogP contribution in [0.4, 0.5) is 5.69 Å². The maximum Gasteiger partial charge on any atom is 0.328 e. The largest absolute Gasteiger partial charge is 0.478 e. The number of carbonyl (C=O) groups is 1. The molecule has 1 aromatic carbocycles. The number of rotatable bonds is 4. The fraction of sp³-hybridized carbons (Fsp3) is 0.0714. The predicted molar refractivity (Wildman–Crippen MR) is 72.2 cm³/mol. The molecule has 0 atom stereocenters. The van der Waals surface area contributed by atoms with Gasteiger partial charge in [-0.05, 0) is 36.8 Å². The number of carboxylic acids is 1. The van der Waals surface area contributed by atoms with E-state index in [4.69, 9.17) is 9.52 Å². The summed E-state index contributed by atoms with van der Waals surface area (Å²) < 4.78 is 5.40. The quantitative estimate of drug-likeness (QED) is 0.524. The standard InChI is InChI=1S/C14H11NO5/c1-9-2-5-11(12(8-9)15(18)19)13-6-3-10(20-13)4-7-14(16)17/h2-8H,1H3,(H,16,17). The van der Waals surface area contributed by atoms with E-state index in [1.807, 2.05) is 0 Å². The number of nitrogens with zero attached hydrogens (tertiary/aromatic N) is 1. The van der Waals surface area contributed by atoms with Gasteiger partial charge in [-0.15, -0.1) is 0 Å². The first-order valence-electron chi connectivity index (χ1n) is 5.73. The molecule has 0 aliphatic heterocycles. The summed E-state index contributed by atoms with van der Waals surface area (Å²) in [7, 11) is 0. The van der Waals surface area contributed by atoms with Crippen LogP contribution in [0.3, 0.4) is 0 Å². The Morgan fingerprint density at radius 3 is 2.75 bits per heavy atom. The smallest absolute Gasteiger partial charge is 0.328 e. The molecule has 6 heteroatoms. The van der Waals surface area contributed by atoms with Crippen molar-refractivity contribution in [1.82, 2.24) is 0 Å². The number of benzene rings is 1. The molecule has 0 aliphatic rings. The number of aryl methyl sites for hydroxylation is 1. The molecule has 0 fully saturated rings. The average Bonchev–Trinajstić information content (AvgIpc) is 2.84. The third kappa shape index (κ3) is 2.92. The van der Waals surface area contributed by atoms with Crippen molar-refractivity contribution in [1.29, 1.82) is 0 Å². The van der Waals surface area contributed by atoms with Crippen LogP contribution in [0, 0.1) is 17.0 Å². The Kier molecular flexibility index (Phi) is 3.65. The first-order chi connectivity index (χ1) is 9.47. The number of hydrogen-bond donors (Lipinski definition) is 1. The SMILES string of the molecule is Cc1ccc(-c2ccc(C=CC(=O)O)o2)c([N+](=O)[O-])c1. The second kappa shape index (κ2) is 5.40. The summed E-state index contributed by atoms with van der Waals surface area (Å²) in [6.07, 6.45) is 2.22. The van der Waals surface area contributed by atoms with Gasteiger partial charge in [0.25, 0.3) is 5.69 Å². The van der Waals surface area contributed by atoms with Crippen LogP contribution in [0.5, 0.6) is 0 Å². The van der Waals surface area contributed by atoms with E-state index in [-0.39, 0.29) is 5.69 Å². The first kappa shape index (κ1) is 13.5. The van der Waals surface area contributed by atoms with Gasteiger partial charge in [-0.2, -0.15) is 0 Å². The van der Waals surface area contributed by atoms with Crippen molar-refractivity contribution in [3.63, 3.8) is 0 Å². The van der Waals surface area contributed by atoms with Crippen LogP contribution < -0.4 is 0 Å². The molecule has 6 nitrogen and oxygen atoms in total. The number of furan rings is 1. The molecule has 2 rings (SSSR count). The molecule has 0 amide bonds. The van der Waals surface area contributed by atoms with Gasteiger partial charge in [0.2, 0.25) is 0 Å². The Labute approximate surface area is 114 Å². The molecule has 0 saturated carbocycles. The minimum absolute atomic E-state index is 0.0480. The van der Waals surface area contributed by atoms with Gasteiger partial charge < -0.3 is 9.52 Å². The first-order valence-corrected chi connectivity index (χ1v) is 5.73. The third-order valence-corrected chi connectivity index (χ3v) is 2.63. The zero-order chi connectivity index (χ0) is 14.7. The highest BCUT2D eigenvalue weighted by Gasteiger charge is 2.17. The van der Waals surface area contributed by atoms with Crippen LogP contribution >= 0.6 is 0 Å². The Hall–Kier alpha value is -2.89. The van der Waals surface area contributed by atoms with E-state index < -0.39 is 10.9 Å². The van der Waals surface area contributed by atoms with E-state index in [0.717, 1.165) is 11.6 Å². The highest BCUT2D eigenvalue weighted by atomic mass is 16.6. The predicted octanol–water partition coefficient (Wildman–Crippen LogP) is 3.26. The molecule has 1 aromatic heterocycles. The number of nitro groups is 1. The van der Waals surface area contributed by atoms with Gasteiger partial charge in [0.05, 0.1) is 10.5 Å². The summed E-state index contributed by atoms with van der Waals surface area (Å²) in [5, 5.41) is 19.6. The minimum Gasteiger partial charge on any atom is -0.478 e. The van der Waals surface area contributed by atoms with Gasteiger partial charge in [-0.3, -0.25) is 10.1 Å². The third-order valence-electron chi connectivity index (χ3n) is 2.63. The van der Waals surface area contributed by atoms with E-state index in [9.17, 15) is 14.9 Å². The Morgan fingerprint density at radius 1 is 1.35 bits per heavy atom. The van der Waals surface area contributed by atoms with Crippen LogP contribution in [0.25, 0.3) is 17.4 Å². The second-order valence-corrected chi connectivity index (χ2v) is 4.15. The lowest BCUT2D eigenvalue weighted by molar-refractivity contribution is -0.384. The fourth-order valence-corrected chi connectivity index (χ4v) is 1.74.